The average molecular weight is 319 g/mol. The van der Waals surface area contributed by atoms with E-state index in [2.05, 4.69) is 40.1 Å². The van der Waals surface area contributed by atoms with E-state index in [9.17, 15) is 4.39 Å². The summed E-state index contributed by atoms with van der Waals surface area (Å²) < 4.78 is 13.5. The van der Waals surface area contributed by atoms with Crippen LogP contribution in [0.2, 0.25) is 0 Å². The molecule has 3 nitrogen and oxygen atoms in total. The van der Waals surface area contributed by atoms with Gasteiger partial charge in [-0.2, -0.15) is 0 Å². The fourth-order valence-corrected chi connectivity index (χ4v) is 2.95. The summed E-state index contributed by atoms with van der Waals surface area (Å²) in [5.74, 6) is 1.03. The van der Waals surface area contributed by atoms with Gasteiger partial charge in [-0.25, -0.2) is 4.39 Å². The maximum Gasteiger partial charge on any atom is 0.191 e. The normalized spacial score (nSPS) is 13.0. The second-order valence-corrected chi connectivity index (χ2v) is 6.12. The van der Waals surface area contributed by atoms with Gasteiger partial charge in [-0.1, -0.05) is 31.2 Å². The number of halogens is 1. The molecule has 0 aliphatic carbocycles. The van der Waals surface area contributed by atoms with Crippen LogP contribution in [-0.4, -0.2) is 26.1 Å². The fraction of sp³-hybridized carbons (Fsp3) is 0.353. The van der Waals surface area contributed by atoms with E-state index in [4.69, 9.17) is 0 Å². The average Bonchev–Trinajstić information content (AvgIpc) is 3.06. The predicted octanol–water partition coefficient (Wildman–Crippen LogP) is 3.40. The summed E-state index contributed by atoms with van der Waals surface area (Å²) >= 11 is 1.77. The van der Waals surface area contributed by atoms with Crippen molar-refractivity contribution < 1.29 is 4.39 Å². The highest BCUT2D eigenvalue weighted by atomic mass is 32.1. The molecule has 1 atom stereocenters. The molecule has 0 aliphatic rings. The van der Waals surface area contributed by atoms with Gasteiger partial charge < -0.3 is 10.6 Å². The SMILES string of the molecule is CN=C(NCCc1ccccc1F)NCC(C)c1cccs1. The molecule has 0 aliphatic heterocycles. The Morgan fingerprint density at radius 2 is 2.05 bits per heavy atom. The lowest BCUT2D eigenvalue weighted by Gasteiger charge is -2.15. The van der Waals surface area contributed by atoms with E-state index in [1.807, 2.05) is 12.1 Å². The van der Waals surface area contributed by atoms with E-state index < -0.39 is 0 Å². The number of guanidine groups is 1. The fourth-order valence-electron chi connectivity index (χ4n) is 2.16. The summed E-state index contributed by atoms with van der Waals surface area (Å²) in [6, 6.07) is 11.1. The summed E-state index contributed by atoms with van der Waals surface area (Å²) in [6.45, 7) is 3.65. The van der Waals surface area contributed by atoms with Crippen molar-refractivity contribution >= 4 is 17.3 Å². The van der Waals surface area contributed by atoms with Crippen LogP contribution in [0.3, 0.4) is 0 Å². The van der Waals surface area contributed by atoms with Gasteiger partial charge in [-0.05, 0) is 29.5 Å². The highest BCUT2D eigenvalue weighted by molar-refractivity contribution is 7.10. The minimum Gasteiger partial charge on any atom is -0.356 e. The van der Waals surface area contributed by atoms with Crippen molar-refractivity contribution in [2.75, 3.05) is 20.1 Å². The highest BCUT2D eigenvalue weighted by Crippen LogP contribution is 2.19. The molecular formula is C17H22FN3S. The summed E-state index contributed by atoms with van der Waals surface area (Å²) in [5.41, 5.74) is 0.720. The van der Waals surface area contributed by atoms with Crippen molar-refractivity contribution in [3.63, 3.8) is 0 Å². The van der Waals surface area contributed by atoms with Crippen LogP contribution in [0.25, 0.3) is 0 Å². The zero-order valence-corrected chi connectivity index (χ0v) is 13.8. The Hall–Kier alpha value is -1.88. The molecule has 0 bridgehead atoms. The molecule has 22 heavy (non-hydrogen) atoms. The number of nitrogens with one attached hydrogen (secondary N) is 2. The van der Waals surface area contributed by atoms with E-state index >= 15 is 0 Å². The van der Waals surface area contributed by atoms with E-state index in [1.54, 1.807) is 24.5 Å². The van der Waals surface area contributed by atoms with Gasteiger partial charge in [0.1, 0.15) is 5.82 Å². The van der Waals surface area contributed by atoms with E-state index in [1.165, 1.54) is 10.9 Å². The standard InChI is InChI=1S/C17H22FN3S/c1-13(16-8-5-11-22-16)12-21-17(19-2)20-10-9-14-6-3-4-7-15(14)18/h3-8,11,13H,9-10,12H2,1-2H3,(H2,19,20,21). The zero-order valence-electron chi connectivity index (χ0n) is 13.0. The lowest BCUT2D eigenvalue weighted by Crippen LogP contribution is -2.39. The molecule has 2 aromatic rings. The van der Waals surface area contributed by atoms with Gasteiger partial charge in [-0.15, -0.1) is 11.3 Å². The summed E-state index contributed by atoms with van der Waals surface area (Å²) in [6.07, 6.45) is 0.633. The van der Waals surface area contributed by atoms with Crippen molar-refractivity contribution in [2.24, 2.45) is 4.99 Å². The number of hydrogen-bond donors (Lipinski definition) is 2. The predicted molar refractivity (Wildman–Crippen MR) is 92.2 cm³/mol. The molecular weight excluding hydrogens is 297 g/mol. The van der Waals surface area contributed by atoms with E-state index in [-0.39, 0.29) is 5.82 Å². The molecule has 2 N–H and O–H groups in total. The topological polar surface area (TPSA) is 36.4 Å². The molecule has 2 rings (SSSR count). The molecule has 5 heteroatoms. The third-order valence-electron chi connectivity index (χ3n) is 3.47. The van der Waals surface area contributed by atoms with Crippen LogP contribution in [0.15, 0.2) is 46.8 Å². The van der Waals surface area contributed by atoms with E-state index in [0.29, 0.717) is 18.9 Å². The first-order valence-electron chi connectivity index (χ1n) is 7.42. The molecule has 118 valence electrons. The number of hydrogen-bond acceptors (Lipinski definition) is 2. The van der Waals surface area contributed by atoms with Crippen LogP contribution < -0.4 is 10.6 Å². The first kappa shape index (κ1) is 16.5. The van der Waals surface area contributed by atoms with Gasteiger partial charge in [0.05, 0.1) is 0 Å². The van der Waals surface area contributed by atoms with Crippen molar-refractivity contribution in [1.82, 2.24) is 10.6 Å². The molecule has 0 fully saturated rings. The number of rotatable bonds is 6. The Kier molecular flexibility index (Phi) is 6.40. The van der Waals surface area contributed by atoms with Crippen LogP contribution in [0.5, 0.6) is 0 Å². The van der Waals surface area contributed by atoms with Crippen molar-refractivity contribution in [3.8, 4) is 0 Å². The minimum atomic E-state index is -0.154. The van der Waals surface area contributed by atoms with Gasteiger partial charge in [0.15, 0.2) is 5.96 Å². The Morgan fingerprint density at radius 1 is 1.23 bits per heavy atom. The third kappa shape index (κ3) is 4.84. The summed E-state index contributed by atoms with van der Waals surface area (Å²) in [4.78, 5) is 5.55. The monoisotopic (exact) mass is 319 g/mol. The highest BCUT2D eigenvalue weighted by Gasteiger charge is 2.07. The molecule has 0 saturated carbocycles. The molecule has 0 saturated heterocycles. The summed E-state index contributed by atoms with van der Waals surface area (Å²) in [5, 5.41) is 8.62. The van der Waals surface area contributed by atoms with Gasteiger partial charge >= 0.3 is 0 Å². The number of nitrogens with zero attached hydrogens (tertiary/aromatic N) is 1. The maximum absolute atomic E-state index is 13.5. The molecule has 0 amide bonds. The third-order valence-corrected chi connectivity index (χ3v) is 4.58. The van der Waals surface area contributed by atoms with Crippen LogP contribution in [-0.2, 0) is 6.42 Å². The Labute approximate surface area is 135 Å². The van der Waals surface area contributed by atoms with Crippen molar-refractivity contribution in [2.45, 2.75) is 19.3 Å². The minimum absolute atomic E-state index is 0.154. The second kappa shape index (κ2) is 8.54. The molecule has 1 aromatic carbocycles. The maximum atomic E-state index is 13.5. The Balaban J connectivity index is 1.75. The molecule has 1 unspecified atom stereocenters. The van der Waals surface area contributed by atoms with E-state index in [0.717, 1.165) is 18.1 Å². The van der Waals surface area contributed by atoms with Crippen LogP contribution in [0.1, 0.15) is 23.3 Å². The van der Waals surface area contributed by atoms with Gasteiger partial charge in [-0.3, -0.25) is 4.99 Å². The number of aliphatic imine (C=N–C) groups is 1. The molecule has 0 radical (unpaired) electrons. The van der Waals surface area contributed by atoms with Crippen molar-refractivity contribution in [1.29, 1.82) is 0 Å². The number of benzene rings is 1. The Bertz CT molecular complexity index is 596. The molecule has 0 spiro atoms. The Morgan fingerprint density at radius 3 is 2.73 bits per heavy atom. The van der Waals surface area contributed by atoms with Gasteiger partial charge in [0.25, 0.3) is 0 Å². The smallest absolute Gasteiger partial charge is 0.191 e. The first-order chi connectivity index (χ1) is 10.7. The van der Waals surface area contributed by atoms with Gasteiger partial charge in [0.2, 0.25) is 0 Å². The summed E-state index contributed by atoms with van der Waals surface area (Å²) in [7, 11) is 1.74. The molecule has 1 aromatic heterocycles. The zero-order chi connectivity index (χ0) is 15.8. The quantitative estimate of drug-likeness (QED) is 0.632. The number of thiophene rings is 1. The lowest BCUT2D eigenvalue weighted by atomic mass is 10.1. The second-order valence-electron chi connectivity index (χ2n) is 5.14. The van der Waals surface area contributed by atoms with Crippen LogP contribution >= 0.6 is 11.3 Å². The van der Waals surface area contributed by atoms with Crippen molar-refractivity contribution in [3.05, 3.63) is 58.0 Å². The lowest BCUT2D eigenvalue weighted by molar-refractivity contribution is 0.606. The largest absolute Gasteiger partial charge is 0.356 e. The van der Waals surface area contributed by atoms with Crippen LogP contribution in [0, 0.1) is 5.82 Å². The van der Waals surface area contributed by atoms with Crippen LogP contribution in [0.4, 0.5) is 4.39 Å². The molecule has 1 heterocycles. The first-order valence-corrected chi connectivity index (χ1v) is 8.30. The van der Waals surface area contributed by atoms with Gasteiger partial charge in [0, 0.05) is 30.9 Å².